The number of esters is 1. The average Bonchev–Trinajstić information content (AvgIpc) is 2.27. The van der Waals surface area contributed by atoms with Crippen LogP contribution in [0.25, 0.3) is 0 Å². The minimum absolute atomic E-state index is 0.207. The number of carbonyl (C=O) groups is 1. The Hall–Kier alpha value is -1.35. The third-order valence-electron chi connectivity index (χ3n) is 2.50. The van der Waals surface area contributed by atoms with Crippen molar-refractivity contribution in [1.82, 2.24) is 0 Å². The van der Waals surface area contributed by atoms with Crippen LogP contribution in [0.4, 0.5) is 0 Å². The zero-order chi connectivity index (χ0) is 12.2. The van der Waals surface area contributed by atoms with Crippen molar-refractivity contribution in [2.45, 2.75) is 26.9 Å². The molecule has 3 heteroatoms. The van der Waals surface area contributed by atoms with E-state index in [2.05, 4.69) is 0 Å². The molecule has 1 aromatic rings. The minimum Gasteiger partial charge on any atom is -0.465 e. The molecule has 0 saturated heterocycles. The van der Waals surface area contributed by atoms with E-state index in [-0.39, 0.29) is 12.6 Å². The predicted molar refractivity (Wildman–Crippen MR) is 61.8 cm³/mol. The summed E-state index contributed by atoms with van der Waals surface area (Å²) in [6.07, 6.45) is -0.645. The highest BCUT2D eigenvalue weighted by atomic mass is 16.5. The van der Waals surface area contributed by atoms with Gasteiger partial charge >= 0.3 is 5.97 Å². The summed E-state index contributed by atoms with van der Waals surface area (Å²) >= 11 is 0. The molecule has 3 nitrogen and oxygen atoms in total. The van der Waals surface area contributed by atoms with Crippen molar-refractivity contribution in [2.75, 3.05) is 6.61 Å². The maximum absolute atomic E-state index is 10.7. The molecular weight excluding hydrogens is 204 g/mol. The van der Waals surface area contributed by atoms with Crippen molar-refractivity contribution in [2.24, 2.45) is 5.41 Å². The van der Waals surface area contributed by atoms with E-state index in [0.717, 1.165) is 5.56 Å². The minimum atomic E-state index is -0.645. The van der Waals surface area contributed by atoms with E-state index < -0.39 is 11.5 Å². The van der Waals surface area contributed by atoms with Gasteiger partial charge in [-0.3, -0.25) is 4.79 Å². The number of carbonyl (C=O) groups excluding carboxylic acids is 1. The predicted octanol–water partition coefficient (Wildman–Crippen LogP) is 2.31. The van der Waals surface area contributed by atoms with Gasteiger partial charge in [-0.1, -0.05) is 44.2 Å². The monoisotopic (exact) mass is 222 g/mol. The molecule has 1 N–H and O–H groups in total. The summed E-state index contributed by atoms with van der Waals surface area (Å²) in [5.41, 5.74) is 0.340. The van der Waals surface area contributed by atoms with Crippen LogP contribution in [-0.4, -0.2) is 17.7 Å². The molecule has 1 unspecified atom stereocenters. The summed E-state index contributed by atoms with van der Waals surface area (Å²) in [6, 6.07) is 9.37. The molecular formula is C13H18O3. The second-order valence-electron chi connectivity index (χ2n) is 4.58. The highest BCUT2D eigenvalue weighted by Gasteiger charge is 2.30. The zero-order valence-electron chi connectivity index (χ0n) is 9.93. The SMILES string of the molecule is CC(=O)OCC(C)(C)C(O)c1ccccc1. The standard InChI is InChI=1S/C13H18O3/c1-10(14)16-9-13(2,3)12(15)11-7-5-4-6-8-11/h4-8,12,15H,9H2,1-3H3. The summed E-state index contributed by atoms with van der Waals surface area (Å²) < 4.78 is 4.95. The number of rotatable bonds is 4. The van der Waals surface area contributed by atoms with E-state index in [1.807, 2.05) is 44.2 Å². The molecule has 1 rings (SSSR count). The Labute approximate surface area is 96.1 Å². The Morgan fingerprint density at radius 2 is 1.94 bits per heavy atom. The van der Waals surface area contributed by atoms with E-state index >= 15 is 0 Å². The third kappa shape index (κ3) is 3.35. The van der Waals surface area contributed by atoms with E-state index in [1.165, 1.54) is 6.92 Å². The van der Waals surface area contributed by atoms with Gasteiger partial charge in [0.25, 0.3) is 0 Å². The van der Waals surface area contributed by atoms with Gasteiger partial charge in [-0.05, 0) is 5.56 Å². The Morgan fingerprint density at radius 1 is 1.38 bits per heavy atom. The molecule has 0 radical (unpaired) electrons. The Morgan fingerprint density at radius 3 is 2.44 bits per heavy atom. The average molecular weight is 222 g/mol. The second-order valence-corrected chi connectivity index (χ2v) is 4.58. The van der Waals surface area contributed by atoms with Gasteiger partial charge in [0.2, 0.25) is 0 Å². The highest BCUT2D eigenvalue weighted by molar-refractivity contribution is 5.65. The molecule has 0 bridgehead atoms. The molecule has 0 saturated carbocycles. The molecule has 0 aliphatic heterocycles. The van der Waals surface area contributed by atoms with Crippen molar-refractivity contribution in [3.63, 3.8) is 0 Å². The molecule has 0 heterocycles. The molecule has 16 heavy (non-hydrogen) atoms. The van der Waals surface area contributed by atoms with Crippen molar-refractivity contribution < 1.29 is 14.6 Å². The lowest BCUT2D eigenvalue weighted by molar-refractivity contribution is -0.146. The topological polar surface area (TPSA) is 46.5 Å². The molecule has 88 valence electrons. The first-order valence-electron chi connectivity index (χ1n) is 5.30. The summed E-state index contributed by atoms with van der Waals surface area (Å²) in [7, 11) is 0. The maximum atomic E-state index is 10.7. The van der Waals surface area contributed by atoms with Crippen LogP contribution in [-0.2, 0) is 9.53 Å². The first kappa shape index (κ1) is 12.7. The molecule has 1 atom stereocenters. The van der Waals surface area contributed by atoms with Crippen LogP contribution in [0.3, 0.4) is 0 Å². The van der Waals surface area contributed by atoms with Gasteiger partial charge in [0.05, 0.1) is 12.7 Å². The second kappa shape index (κ2) is 5.12. The number of aliphatic hydroxyl groups is 1. The summed E-state index contributed by atoms with van der Waals surface area (Å²) in [4.78, 5) is 10.7. The quantitative estimate of drug-likeness (QED) is 0.795. The lowest BCUT2D eigenvalue weighted by Crippen LogP contribution is -2.28. The van der Waals surface area contributed by atoms with Gasteiger partial charge in [-0.25, -0.2) is 0 Å². The van der Waals surface area contributed by atoms with E-state index in [0.29, 0.717) is 0 Å². The smallest absolute Gasteiger partial charge is 0.302 e. The zero-order valence-corrected chi connectivity index (χ0v) is 9.93. The fourth-order valence-electron chi connectivity index (χ4n) is 1.45. The van der Waals surface area contributed by atoms with Crippen molar-refractivity contribution in [1.29, 1.82) is 0 Å². The number of hydrogen-bond acceptors (Lipinski definition) is 3. The first-order valence-corrected chi connectivity index (χ1v) is 5.30. The lowest BCUT2D eigenvalue weighted by Gasteiger charge is -2.30. The Kier molecular flexibility index (Phi) is 4.07. The molecule has 0 aliphatic carbocycles. The Balaban J connectivity index is 2.72. The van der Waals surface area contributed by atoms with Crippen LogP contribution in [0, 0.1) is 5.41 Å². The van der Waals surface area contributed by atoms with Crippen molar-refractivity contribution >= 4 is 5.97 Å². The van der Waals surface area contributed by atoms with Crippen molar-refractivity contribution in [3.8, 4) is 0 Å². The largest absolute Gasteiger partial charge is 0.465 e. The van der Waals surface area contributed by atoms with Gasteiger partial charge in [0, 0.05) is 12.3 Å². The van der Waals surface area contributed by atoms with Crippen LogP contribution < -0.4 is 0 Å². The summed E-state index contributed by atoms with van der Waals surface area (Å²) in [5.74, 6) is -0.326. The van der Waals surface area contributed by atoms with Crippen LogP contribution >= 0.6 is 0 Å². The summed E-state index contributed by atoms with van der Waals surface area (Å²) in [5, 5.41) is 10.2. The van der Waals surface area contributed by atoms with Gasteiger partial charge in [-0.15, -0.1) is 0 Å². The van der Waals surface area contributed by atoms with Crippen LogP contribution in [0.5, 0.6) is 0 Å². The third-order valence-corrected chi connectivity index (χ3v) is 2.50. The molecule has 0 aromatic heterocycles. The molecule has 1 aromatic carbocycles. The van der Waals surface area contributed by atoms with Gasteiger partial charge in [0.15, 0.2) is 0 Å². The number of aliphatic hydroxyl groups excluding tert-OH is 1. The van der Waals surface area contributed by atoms with Gasteiger partial charge < -0.3 is 9.84 Å². The molecule has 0 spiro atoms. The van der Waals surface area contributed by atoms with Crippen LogP contribution in [0.1, 0.15) is 32.4 Å². The molecule has 0 fully saturated rings. The lowest BCUT2D eigenvalue weighted by atomic mass is 9.83. The van der Waals surface area contributed by atoms with Crippen molar-refractivity contribution in [3.05, 3.63) is 35.9 Å². The molecule has 0 aliphatic rings. The maximum Gasteiger partial charge on any atom is 0.302 e. The van der Waals surface area contributed by atoms with Crippen LogP contribution in [0.2, 0.25) is 0 Å². The number of ether oxygens (including phenoxy) is 1. The number of hydrogen-bond donors (Lipinski definition) is 1. The van der Waals surface area contributed by atoms with E-state index in [4.69, 9.17) is 4.74 Å². The Bertz CT molecular complexity index is 343. The fraction of sp³-hybridized carbons (Fsp3) is 0.462. The van der Waals surface area contributed by atoms with E-state index in [1.54, 1.807) is 0 Å². The van der Waals surface area contributed by atoms with Crippen LogP contribution in [0.15, 0.2) is 30.3 Å². The van der Waals surface area contributed by atoms with Gasteiger partial charge in [-0.2, -0.15) is 0 Å². The first-order chi connectivity index (χ1) is 7.43. The van der Waals surface area contributed by atoms with Gasteiger partial charge in [0.1, 0.15) is 0 Å². The molecule has 0 amide bonds. The summed E-state index contributed by atoms with van der Waals surface area (Å²) in [6.45, 7) is 5.31. The highest BCUT2D eigenvalue weighted by Crippen LogP contribution is 2.33. The normalized spacial score (nSPS) is 13.2. The van der Waals surface area contributed by atoms with E-state index in [9.17, 15) is 9.90 Å². The fourth-order valence-corrected chi connectivity index (χ4v) is 1.45. The number of benzene rings is 1.